The van der Waals surface area contributed by atoms with Crippen molar-refractivity contribution in [1.82, 2.24) is 10.3 Å². The summed E-state index contributed by atoms with van der Waals surface area (Å²) in [5.41, 5.74) is 2.92. The van der Waals surface area contributed by atoms with E-state index in [9.17, 15) is 0 Å². The fourth-order valence-corrected chi connectivity index (χ4v) is 1.62. The first kappa shape index (κ1) is 10.9. The van der Waals surface area contributed by atoms with Crippen molar-refractivity contribution in [3.63, 3.8) is 0 Å². The molecule has 1 fully saturated rings. The zero-order valence-electron chi connectivity index (χ0n) is 8.84. The number of nitrogens with one attached hydrogen (secondary N) is 1. The maximum Gasteiger partial charge on any atom is 0.0594 e. The number of nitrogens with zero attached hydrogens (tertiary/aromatic N) is 1. The maximum atomic E-state index is 5.46. The third-order valence-electron chi connectivity index (χ3n) is 3.14. The topological polar surface area (TPSA) is 50.5 Å². The van der Waals surface area contributed by atoms with Gasteiger partial charge in [0.1, 0.15) is 0 Å². The lowest BCUT2D eigenvalue weighted by atomic mass is 9.94. The van der Waals surface area contributed by atoms with Gasteiger partial charge in [-0.1, -0.05) is 0 Å². The Morgan fingerprint density at radius 2 is 1.92 bits per heavy atom. The molecule has 0 aromatic rings. The Bertz CT molecular complexity index is 155. The number of hydrazine groups is 1. The predicted molar refractivity (Wildman–Crippen MR) is 53.3 cm³/mol. The van der Waals surface area contributed by atoms with Crippen LogP contribution in [0.5, 0.6) is 0 Å². The molecule has 0 radical (unpaired) electrons. The molecule has 3 N–H and O–H groups in total. The van der Waals surface area contributed by atoms with E-state index < -0.39 is 0 Å². The number of morpholine rings is 1. The SMILES string of the molecule is CC(NN)C(C)(C)N1CCOCC1. The minimum absolute atomic E-state index is 0.0958. The van der Waals surface area contributed by atoms with Crippen LogP contribution in [-0.4, -0.2) is 42.8 Å². The smallest absolute Gasteiger partial charge is 0.0594 e. The van der Waals surface area contributed by atoms with E-state index in [0.717, 1.165) is 26.3 Å². The number of nitrogens with two attached hydrogens (primary N) is 1. The molecule has 1 aliphatic heterocycles. The largest absolute Gasteiger partial charge is 0.379 e. The molecule has 0 spiro atoms. The first-order valence-electron chi connectivity index (χ1n) is 4.88. The molecule has 0 bridgehead atoms. The molecule has 0 saturated carbocycles. The fourth-order valence-electron chi connectivity index (χ4n) is 1.62. The molecule has 0 amide bonds. The van der Waals surface area contributed by atoms with E-state index in [-0.39, 0.29) is 11.6 Å². The van der Waals surface area contributed by atoms with E-state index in [1.54, 1.807) is 0 Å². The highest BCUT2D eigenvalue weighted by atomic mass is 16.5. The van der Waals surface area contributed by atoms with Crippen molar-refractivity contribution in [3.8, 4) is 0 Å². The highest BCUT2D eigenvalue weighted by Crippen LogP contribution is 2.19. The van der Waals surface area contributed by atoms with Crippen LogP contribution in [0.15, 0.2) is 0 Å². The van der Waals surface area contributed by atoms with Crippen molar-refractivity contribution >= 4 is 0 Å². The zero-order chi connectivity index (χ0) is 9.90. The molecule has 1 heterocycles. The quantitative estimate of drug-likeness (QED) is 0.480. The summed E-state index contributed by atoms with van der Waals surface area (Å²) in [4.78, 5) is 2.42. The second kappa shape index (κ2) is 4.37. The van der Waals surface area contributed by atoms with Gasteiger partial charge in [-0.3, -0.25) is 16.2 Å². The highest BCUT2D eigenvalue weighted by molar-refractivity contribution is 4.90. The second-order valence-electron chi connectivity index (χ2n) is 4.14. The fraction of sp³-hybridized carbons (Fsp3) is 1.00. The summed E-state index contributed by atoms with van der Waals surface area (Å²) in [7, 11) is 0. The van der Waals surface area contributed by atoms with E-state index in [0.29, 0.717) is 0 Å². The molecule has 0 aliphatic carbocycles. The molecule has 4 heteroatoms. The third kappa shape index (κ3) is 2.40. The van der Waals surface area contributed by atoms with Crippen molar-refractivity contribution in [3.05, 3.63) is 0 Å². The molecule has 1 aliphatic rings. The average Bonchev–Trinajstić information content (AvgIpc) is 2.18. The van der Waals surface area contributed by atoms with Crippen LogP contribution in [0.4, 0.5) is 0 Å². The molecular formula is C9H21N3O. The minimum atomic E-state index is 0.0958. The van der Waals surface area contributed by atoms with Crippen LogP contribution in [0, 0.1) is 0 Å². The molecule has 78 valence electrons. The summed E-state index contributed by atoms with van der Waals surface area (Å²) in [6, 6.07) is 0.283. The van der Waals surface area contributed by atoms with Gasteiger partial charge in [0, 0.05) is 24.7 Å². The van der Waals surface area contributed by atoms with Crippen LogP contribution in [0.2, 0.25) is 0 Å². The lowest BCUT2D eigenvalue weighted by Crippen LogP contribution is -2.60. The molecule has 4 nitrogen and oxygen atoms in total. The molecule has 13 heavy (non-hydrogen) atoms. The van der Waals surface area contributed by atoms with Crippen molar-refractivity contribution in [1.29, 1.82) is 0 Å². The van der Waals surface area contributed by atoms with Gasteiger partial charge in [0.2, 0.25) is 0 Å². The predicted octanol–water partition coefficient (Wildman–Crippen LogP) is -0.0510. The van der Waals surface area contributed by atoms with Crippen LogP contribution in [0.3, 0.4) is 0 Å². The minimum Gasteiger partial charge on any atom is -0.379 e. The van der Waals surface area contributed by atoms with Gasteiger partial charge in [-0.15, -0.1) is 0 Å². The normalized spacial score (nSPS) is 23.1. The van der Waals surface area contributed by atoms with Crippen LogP contribution in [0.25, 0.3) is 0 Å². The van der Waals surface area contributed by atoms with Gasteiger partial charge in [0.05, 0.1) is 13.2 Å². The van der Waals surface area contributed by atoms with E-state index >= 15 is 0 Å². The van der Waals surface area contributed by atoms with Gasteiger partial charge in [0.15, 0.2) is 0 Å². The summed E-state index contributed by atoms with van der Waals surface area (Å²) in [5.74, 6) is 5.46. The maximum absolute atomic E-state index is 5.46. The van der Waals surface area contributed by atoms with Gasteiger partial charge < -0.3 is 4.74 Å². The molecular weight excluding hydrogens is 166 g/mol. The van der Waals surface area contributed by atoms with Crippen LogP contribution >= 0.6 is 0 Å². The van der Waals surface area contributed by atoms with Gasteiger partial charge in [-0.05, 0) is 20.8 Å². The number of ether oxygens (including phenoxy) is 1. The Kier molecular flexibility index (Phi) is 3.67. The average molecular weight is 187 g/mol. The van der Waals surface area contributed by atoms with Crippen molar-refractivity contribution in [2.75, 3.05) is 26.3 Å². The first-order chi connectivity index (χ1) is 6.09. The highest BCUT2D eigenvalue weighted by Gasteiger charge is 2.32. The lowest BCUT2D eigenvalue weighted by Gasteiger charge is -2.44. The second-order valence-corrected chi connectivity index (χ2v) is 4.14. The number of rotatable bonds is 3. The van der Waals surface area contributed by atoms with Crippen LogP contribution in [-0.2, 0) is 4.74 Å². The Labute approximate surface area is 80.4 Å². The monoisotopic (exact) mass is 187 g/mol. The van der Waals surface area contributed by atoms with Crippen LogP contribution < -0.4 is 11.3 Å². The molecule has 1 saturated heterocycles. The third-order valence-corrected chi connectivity index (χ3v) is 3.14. The Morgan fingerprint density at radius 1 is 1.38 bits per heavy atom. The van der Waals surface area contributed by atoms with Crippen molar-refractivity contribution in [2.45, 2.75) is 32.4 Å². The molecule has 1 rings (SSSR count). The van der Waals surface area contributed by atoms with Crippen molar-refractivity contribution in [2.24, 2.45) is 5.84 Å². The van der Waals surface area contributed by atoms with Gasteiger partial charge in [-0.2, -0.15) is 0 Å². The van der Waals surface area contributed by atoms with E-state index in [1.807, 2.05) is 0 Å². The number of hydrogen-bond acceptors (Lipinski definition) is 4. The zero-order valence-corrected chi connectivity index (χ0v) is 8.84. The standard InChI is InChI=1S/C9H21N3O/c1-8(11-10)9(2,3)12-4-6-13-7-5-12/h8,11H,4-7,10H2,1-3H3. The summed E-state index contributed by atoms with van der Waals surface area (Å²) >= 11 is 0. The summed E-state index contributed by atoms with van der Waals surface area (Å²) in [6.45, 7) is 10.2. The van der Waals surface area contributed by atoms with Crippen molar-refractivity contribution < 1.29 is 4.74 Å². The van der Waals surface area contributed by atoms with E-state index in [4.69, 9.17) is 10.6 Å². The Morgan fingerprint density at radius 3 is 2.38 bits per heavy atom. The van der Waals surface area contributed by atoms with E-state index in [1.165, 1.54) is 0 Å². The first-order valence-corrected chi connectivity index (χ1v) is 4.88. The number of hydrogen-bond donors (Lipinski definition) is 2. The van der Waals surface area contributed by atoms with E-state index in [2.05, 4.69) is 31.1 Å². The molecule has 1 unspecified atom stereocenters. The molecule has 1 atom stereocenters. The van der Waals surface area contributed by atoms with Gasteiger partial charge in [0.25, 0.3) is 0 Å². The van der Waals surface area contributed by atoms with Crippen LogP contribution in [0.1, 0.15) is 20.8 Å². The van der Waals surface area contributed by atoms with Gasteiger partial charge >= 0.3 is 0 Å². The Balaban J connectivity index is 2.55. The van der Waals surface area contributed by atoms with Gasteiger partial charge in [-0.25, -0.2) is 0 Å². The molecule has 0 aromatic carbocycles. The summed E-state index contributed by atoms with van der Waals surface area (Å²) in [5, 5.41) is 0. The lowest BCUT2D eigenvalue weighted by molar-refractivity contribution is -0.0210. The summed E-state index contributed by atoms with van der Waals surface area (Å²) in [6.07, 6.45) is 0. The summed E-state index contributed by atoms with van der Waals surface area (Å²) < 4.78 is 5.31. The molecule has 0 aromatic heterocycles. The Hall–Kier alpha value is -0.160.